The van der Waals surface area contributed by atoms with Crippen LogP contribution in [0.4, 0.5) is 0 Å². The Morgan fingerprint density at radius 3 is 2.53 bits per heavy atom. The average Bonchev–Trinajstić information content (AvgIpc) is 2.84. The van der Waals surface area contributed by atoms with Crippen molar-refractivity contribution in [1.29, 1.82) is 0 Å². The molecule has 2 aromatic rings. The zero-order chi connectivity index (χ0) is 22.4. The van der Waals surface area contributed by atoms with Crippen molar-refractivity contribution < 1.29 is 9.47 Å². The molecule has 1 aliphatic heterocycles. The number of likely N-dealkylation sites (tertiary alicyclic amines) is 1. The molecule has 1 heterocycles. The molecule has 0 bridgehead atoms. The van der Waals surface area contributed by atoms with Gasteiger partial charge in [0, 0.05) is 44.9 Å². The first kappa shape index (κ1) is 24.1. The van der Waals surface area contributed by atoms with E-state index in [9.17, 15) is 0 Å². The molecule has 0 spiro atoms. The first-order chi connectivity index (χ1) is 15.8. The van der Waals surface area contributed by atoms with Crippen molar-refractivity contribution in [1.82, 2.24) is 15.5 Å². The van der Waals surface area contributed by atoms with Gasteiger partial charge < -0.3 is 20.1 Å². The maximum absolute atomic E-state index is 6.14. The second-order valence-corrected chi connectivity index (χ2v) is 8.12. The Labute approximate surface area is 193 Å². The minimum absolute atomic E-state index is 0.384. The Balaban J connectivity index is 1.31. The summed E-state index contributed by atoms with van der Waals surface area (Å²) in [6.07, 6.45) is 3.57. The number of guanidine groups is 1. The molecule has 1 fully saturated rings. The van der Waals surface area contributed by atoms with Crippen molar-refractivity contribution in [3.8, 4) is 5.75 Å². The molecule has 0 unspecified atom stereocenters. The van der Waals surface area contributed by atoms with Crippen LogP contribution in [0.1, 0.15) is 37.3 Å². The number of nitrogens with zero attached hydrogens (tertiary/aromatic N) is 2. The molecule has 2 N–H and O–H groups in total. The molecule has 0 saturated carbocycles. The van der Waals surface area contributed by atoms with Gasteiger partial charge in [-0.25, -0.2) is 4.99 Å². The lowest BCUT2D eigenvalue weighted by Crippen LogP contribution is -2.38. The molecule has 6 heteroatoms. The summed E-state index contributed by atoms with van der Waals surface area (Å²) in [7, 11) is 1.69. The van der Waals surface area contributed by atoms with E-state index >= 15 is 0 Å². The Morgan fingerprint density at radius 1 is 1.03 bits per heavy atom. The monoisotopic (exact) mass is 438 g/mol. The molecule has 1 aliphatic rings. The van der Waals surface area contributed by atoms with E-state index in [1.54, 1.807) is 7.11 Å². The molecule has 174 valence electrons. The summed E-state index contributed by atoms with van der Waals surface area (Å²) in [4.78, 5) is 7.22. The van der Waals surface area contributed by atoms with Gasteiger partial charge in [0.1, 0.15) is 5.75 Å². The van der Waals surface area contributed by atoms with Crippen LogP contribution in [0.2, 0.25) is 0 Å². The lowest BCUT2D eigenvalue weighted by molar-refractivity contribution is 0.00534. The number of hydrogen-bond acceptors (Lipinski definition) is 4. The van der Waals surface area contributed by atoms with Crippen LogP contribution < -0.4 is 15.4 Å². The maximum atomic E-state index is 6.14. The first-order valence-electron chi connectivity index (χ1n) is 11.8. The van der Waals surface area contributed by atoms with Crippen LogP contribution in [0.5, 0.6) is 5.75 Å². The summed E-state index contributed by atoms with van der Waals surface area (Å²) in [5, 5.41) is 6.72. The fraction of sp³-hybridized carbons (Fsp3) is 0.500. The first-order valence-corrected chi connectivity index (χ1v) is 11.8. The maximum Gasteiger partial charge on any atom is 0.191 e. The Kier molecular flexibility index (Phi) is 10.4. The van der Waals surface area contributed by atoms with Gasteiger partial charge in [0.2, 0.25) is 0 Å². The minimum atomic E-state index is 0.384. The number of para-hydroxylation sites is 1. The standard InChI is InChI=1S/C26H38N4O2/c1-3-27-26(29-20-23-12-7-8-13-25(23)31-2)28-16-9-19-32-24-14-17-30(18-15-24)21-22-10-5-4-6-11-22/h4-8,10-13,24H,3,9,14-21H2,1-2H3,(H2,27,28,29). The van der Waals surface area contributed by atoms with Crippen LogP contribution in [0.3, 0.4) is 0 Å². The molecular weight excluding hydrogens is 400 g/mol. The van der Waals surface area contributed by atoms with Crippen LogP contribution in [-0.2, 0) is 17.8 Å². The van der Waals surface area contributed by atoms with Crippen LogP contribution in [0.15, 0.2) is 59.6 Å². The number of nitrogens with one attached hydrogen (secondary N) is 2. The third kappa shape index (κ3) is 8.17. The molecule has 6 nitrogen and oxygen atoms in total. The summed E-state index contributed by atoms with van der Waals surface area (Å²) < 4.78 is 11.6. The van der Waals surface area contributed by atoms with E-state index in [4.69, 9.17) is 14.5 Å². The van der Waals surface area contributed by atoms with E-state index in [2.05, 4.69) is 52.8 Å². The molecule has 1 saturated heterocycles. The highest BCUT2D eigenvalue weighted by molar-refractivity contribution is 5.79. The number of benzene rings is 2. The normalized spacial score (nSPS) is 15.5. The highest BCUT2D eigenvalue weighted by atomic mass is 16.5. The molecular formula is C26H38N4O2. The third-order valence-electron chi connectivity index (χ3n) is 5.69. The Bertz CT molecular complexity index is 804. The van der Waals surface area contributed by atoms with Crippen LogP contribution in [0.25, 0.3) is 0 Å². The summed E-state index contributed by atoms with van der Waals surface area (Å²) >= 11 is 0. The SMILES string of the molecule is CCNC(=NCc1ccccc1OC)NCCCOC1CCN(Cc2ccccc2)CC1. The van der Waals surface area contributed by atoms with Crippen LogP contribution in [-0.4, -0.2) is 56.9 Å². The molecule has 0 atom stereocenters. The molecule has 2 aromatic carbocycles. The number of piperidine rings is 1. The van der Waals surface area contributed by atoms with Gasteiger partial charge in [-0.2, -0.15) is 0 Å². The van der Waals surface area contributed by atoms with E-state index < -0.39 is 0 Å². The zero-order valence-electron chi connectivity index (χ0n) is 19.6. The van der Waals surface area contributed by atoms with Gasteiger partial charge >= 0.3 is 0 Å². The van der Waals surface area contributed by atoms with Gasteiger partial charge in [-0.05, 0) is 37.8 Å². The largest absolute Gasteiger partial charge is 0.496 e. The van der Waals surface area contributed by atoms with E-state index in [1.807, 2.05) is 24.3 Å². The lowest BCUT2D eigenvalue weighted by atomic mass is 10.1. The van der Waals surface area contributed by atoms with E-state index in [0.717, 1.165) is 75.9 Å². The number of ether oxygens (including phenoxy) is 2. The molecule has 0 aromatic heterocycles. The van der Waals surface area contributed by atoms with Crippen molar-refractivity contribution in [2.45, 2.75) is 45.4 Å². The van der Waals surface area contributed by atoms with Gasteiger partial charge in [0.25, 0.3) is 0 Å². The van der Waals surface area contributed by atoms with E-state index in [0.29, 0.717) is 12.6 Å². The van der Waals surface area contributed by atoms with E-state index in [-0.39, 0.29) is 0 Å². The fourth-order valence-corrected chi connectivity index (χ4v) is 3.94. The minimum Gasteiger partial charge on any atom is -0.496 e. The lowest BCUT2D eigenvalue weighted by Gasteiger charge is -2.32. The Hall–Kier alpha value is -2.57. The highest BCUT2D eigenvalue weighted by Gasteiger charge is 2.19. The Morgan fingerprint density at radius 2 is 1.78 bits per heavy atom. The van der Waals surface area contributed by atoms with Crippen molar-refractivity contribution in [2.75, 3.05) is 39.9 Å². The number of hydrogen-bond donors (Lipinski definition) is 2. The second-order valence-electron chi connectivity index (χ2n) is 8.12. The number of rotatable bonds is 11. The van der Waals surface area contributed by atoms with Crippen molar-refractivity contribution in [3.05, 3.63) is 65.7 Å². The summed E-state index contributed by atoms with van der Waals surface area (Å²) in [6, 6.07) is 18.7. The summed E-state index contributed by atoms with van der Waals surface area (Å²) in [5.41, 5.74) is 2.47. The summed E-state index contributed by atoms with van der Waals surface area (Å²) in [6.45, 7) is 8.36. The van der Waals surface area contributed by atoms with Crippen molar-refractivity contribution >= 4 is 5.96 Å². The van der Waals surface area contributed by atoms with Gasteiger partial charge in [0.15, 0.2) is 5.96 Å². The molecule has 0 amide bonds. The molecule has 32 heavy (non-hydrogen) atoms. The second kappa shape index (κ2) is 13.8. The molecule has 0 radical (unpaired) electrons. The van der Waals surface area contributed by atoms with Gasteiger partial charge in [0.05, 0.1) is 19.8 Å². The van der Waals surface area contributed by atoms with Crippen molar-refractivity contribution in [2.24, 2.45) is 4.99 Å². The van der Waals surface area contributed by atoms with E-state index in [1.165, 1.54) is 5.56 Å². The summed E-state index contributed by atoms with van der Waals surface area (Å²) in [5.74, 6) is 1.70. The van der Waals surface area contributed by atoms with Gasteiger partial charge in [-0.3, -0.25) is 4.90 Å². The fourth-order valence-electron chi connectivity index (χ4n) is 3.94. The van der Waals surface area contributed by atoms with Crippen LogP contribution in [0, 0.1) is 0 Å². The van der Waals surface area contributed by atoms with Gasteiger partial charge in [-0.1, -0.05) is 48.5 Å². The van der Waals surface area contributed by atoms with Crippen LogP contribution >= 0.6 is 0 Å². The molecule has 0 aliphatic carbocycles. The quantitative estimate of drug-likeness (QED) is 0.317. The average molecular weight is 439 g/mol. The number of methoxy groups -OCH3 is 1. The third-order valence-corrected chi connectivity index (χ3v) is 5.69. The number of aliphatic imine (C=N–C) groups is 1. The predicted molar refractivity (Wildman–Crippen MR) is 131 cm³/mol. The highest BCUT2D eigenvalue weighted by Crippen LogP contribution is 2.18. The zero-order valence-corrected chi connectivity index (χ0v) is 19.6. The molecule has 3 rings (SSSR count). The topological polar surface area (TPSA) is 58.1 Å². The smallest absolute Gasteiger partial charge is 0.191 e. The van der Waals surface area contributed by atoms with Crippen molar-refractivity contribution in [3.63, 3.8) is 0 Å². The van der Waals surface area contributed by atoms with Gasteiger partial charge in [-0.15, -0.1) is 0 Å². The predicted octanol–water partition coefficient (Wildman–Crippen LogP) is 3.82.